The third kappa shape index (κ3) is 6.06. The normalized spacial score (nSPS) is 19.5. The molecule has 0 amide bonds. The van der Waals surface area contributed by atoms with Crippen molar-refractivity contribution in [2.45, 2.75) is 32.4 Å². The average Bonchev–Trinajstić information content (AvgIpc) is 3.40. The van der Waals surface area contributed by atoms with Crippen molar-refractivity contribution in [3.8, 4) is 0 Å². The second kappa shape index (κ2) is 11.1. The summed E-state index contributed by atoms with van der Waals surface area (Å²) >= 11 is 0. The number of hydrogen-bond acceptors (Lipinski definition) is 5. The number of piperazine rings is 1. The molecule has 1 aromatic carbocycles. The number of aromatic nitrogens is 3. The first-order valence-corrected chi connectivity index (χ1v) is 10.6. The zero-order valence-corrected chi connectivity index (χ0v) is 20.5. The molecule has 0 aliphatic carbocycles. The van der Waals surface area contributed by atoms with Gasteiger partial charge in [0.05, 0.1) is 6.10 Å². The van der Waals surface area contributed by atoms with Crippen molar-refractivity contribution in [3.63, 3.8) is 0 Å². The highest BCUT2D eigenvalue weighted by Gasteiger charge is 2.22. The molecule has 31 heavy (non-hydrogen) atoms. The highest BCUT2D eigenvalue weighted by molar-refractivity contribution is 14.0. The van der Waals surface area contributed by atoms with E-state index in [1.165, 1.54) is 12.1 Å². The Morgan fingerprint density at radius 1 is 1.19 bits per heavy atom. The van der Waals surface area contributed by atoms with Crippen molar-refractivity contribution in [1.82, 2.24) is 25.0 Å². The van der Waals surface area contributed by atoms with Crippen LogP contribution in [0.15, 0.2) is 29.3 Å². The van der Waals surface area contributed by atoms with Crippen molar-refractivity contribution in [2.75, 3.05) is 44.2 Å². The van der Waals surface area contributed by atoms with E-state index in [0.29, 0.717) is 6.54 Å². The standard InChI is InChI=1S/C21H30FN7O.HI/c1-16-25-26-20(27(16)2)15-24-21(23-14-19-4-3-13-30-19)29-11-9-28(10-12-29)18-7-5-17(22)6-8-18;/h5-8,19H,3-4,9-15H2,1-2H3,(H,23,24);1H. The summed E-state index contributed by atoms with van der Waals surface area (Å²) in [5.41, 5.74) is 1.05. The Bertz CT molecular complexity index is 859. The van der Waals surface area contributed by atoms with Gasteiger partial charge in [-0.05, 0) is 44.0 Å². The van der Waals surface area contributed by atoms with Crippen LogP contribution in [0, 0.1) is 12.7 Å². The van der Waals surface area contributed by atoms with E-state index in [4.69, 9.17) is 9.73 Å². The molecule has 3 heterocycles. The minimum absolute atomic E-state index is 0. The van der Waals surface area contributed by atoms with E-state index in [1.807, 2.05) is 30.7 Å². The molecule has 1 aromatic heterocycles. The molecule has 2 aliphatic heterocycles. The largest absolute Gasteiger partial charge is 0.376 e. The maximum Gasteiger partial charge on any atom is 0.194 e. The third-order valence-electron chi connectivity index (χ3n) is 5.84. The quantitative estimate of drug-likeness (QED) is 0.355. The lowest BCUT2D eigenvalue weighted by Crippen LogP contribution is -2.53. The van der Waals surface area contributed by atoms with E-state index in [9.17, 15) is 4.39 Å². The fourth-order valence-electron chi connectivity index (χ4n) is 3.84. The van der Waals surface area contributed by atoms with E-state index in [1.54, 1.807) is 0 Å². The summed E-state index contributed by atoms with van der Waals surface area (Å²) in [6, 6.07) is 6.71. The van der Waals surface area contributed by atoms with Crippen molar-refractivity contribution < 1.29 is 9.13 Å². The topological polar surface area (TPSA) is 70.8 Å². The maximum absolute atomic E-state index is 13.2. The minimum atomic E-state index is -0.204. The Balaban J connectivity index is 0.00000272. The summed E-state index contributed by atoms with van der Waals surface area (Å²) in [6.45, 7) is 7.40. The fourth-order valence-corrected chi connectivity index (χ4v) is 3.84. The Morgan fingerprint density at radius 3 is 2.55 bits per heavy atom. The zero-order chi connectivity index (χ0) is 20.9. The molecular formula is C21H31FIN7O. The predicted octanol–water partition coefficient (Wildman–Crippen LogP) is 2.33. The SMILES string of the molecule is Cc1nnc(CN=C(NCC2CCCO2)N2CCN(c3ccc(F)cc3)CC2)n1C.I. The van der Waals surface area contributed by atoms with Gasteiger partial charge in [-0.1, -0.05) is 0 Å². The van der Waals surface area contributed by atoms with Crippen LogP contribution >= 0.6 is 24.0 Å². The number of aliphatic imine (C=N–C) groups is 1. The molecule has 0 spiro atoms. The molecule has 2 saturated heterocycles. The van der Waals surface area contributed by atoms with Gasteiger partial charge in [-0.3, -0.25) is 0 Å². The summed E-state index contributed by atoms with van der Waals surface area (Å²) in [5.74, 6) is 2.39. The van der Waals surface area contributed by atoms with Crippen LogP contribution < -0.4 is 10.2 Å². The number of anilines is 1. The van der Waals surface area contributed by atoms with Crippen LogP contribution in [0.1, 0.15) is 24.5 Å². The average molecular weight is 543 g/mol. The molecular weight excluding hydrogens is 512 g/mol. The Morgan fingerprint density at radius 2 is 1.94 bits per heavy atom. The van der Waals surface area contributed by atoms with Crippen LogP contribution in [0.5, 0.6) is 0 Å². The van der Waals surface area contributed by atoms with Crippen molar-refractivity contribution in [2.24, 2.45) is 12.0 Å². The zero-order valence-electron chi connectivity index (χ0n) is 18.1. The van der Waals surface area contributed by atoms with Crippen LogP contribution in [0.4, 0.5) is 10.1 Å². The van der Waals surface area contributed by atoms with Crippen LogP contribution in [-0.2, 0) is 18.3 Å². The second-order valence-electron chi connectivity index (χ2n) is 7.83. The van der Waals surface area contributed by atoms with Gasteiger partial charge in [0.1, 0.15) is 18.2 Å². The summed E-state index contributed by atoms with van der Waals surface area (Å²) < 4.78 is 20.9. The van der Waals surface area contributed by atoms with Gasteiger partial charge in [0.2, 0.25) is 0 Å². The number of aryl methyl sites for hydroxylation is 1. The molecule has 0 saturated carbocycles. The fraction of sp³-hybridized carbons (Fsp3) is 0.571. The molecule has 2 fully saturated rings. The third-order valence-corrected chi connectivity index (χ3v) is 5.84. The number of nitrogens with zero attached hydrogens (tertiary/aromatic N) is 6. The predicted molar refractivity (Wildman–Crippen MR) is 129 cm³/mol. The van der Waals surface area contributed by atoms with Gasteiger partial charge in [-0.25, -0.2) is 9.38 Å². The van der Waals surface area contributed by atoms with E-state index in [0.717, 1.165) is 75.5 Å². The van der Waals surface area contributed by atoms with Crippen molar-refractivity contribution in [3.05, 3.63) is 41.7 Å². The smallest absolute Gasteiger partial charge is 0.194 e. The van der Waals surface area contributed by atoms with Gasteiger partial charge in [-0.2, -0.15) is 0 Å². The number of hydrogen-bond donors (Lipinski definition) is 1. The van der Waals surface area contributed by atoms with Crippen LogP contribution in [-0.4, -0.2) is 71.1 Å². The Labute approximate surface area is 199 Å². The molecule has 1 atom stereocenters. The number of benzene rings is 1. The lowest BCUT2D eigenvalue weighted by Gasteiger charge is -2.38. The first kappa shape index (κ1) is 23.7. The first-order valence-electron chi connectivity index (χ1n) is 10.6. The van der Waals surface area contributed by atoms with Gasteiger partial charge in [0.15, 0.2) is 11.8 Å². The summed E-state index contributed by atoms with van der Waals surface area (Å²) in [4.78, 5) is 9.40. The van der Waals surface area contributed by atoms with Gasteiger partial charge in [-0.15, -0.1) is 34.2 Å². The van der Waals surface area contributed by atoms with Crippen LogP contribution in [0.2, 0.25) is 0 Å². The summed E-state index contributed by atoms with van der Waals surface area (Å²) in [5, 5.41) is 11.9. The Hall–Kier alpha value is -1.95. The summed E-state index contributed by atoms with van der Waals surface area (Å²) in [6.07, 6.45) is 2.45. The van der Waals surface area contributed by atoms with Crippen LogP contribution in [0.25, 0.3) is 0 Å². The van der Waals surface area contributed by atoms with E-state index < -0.39 is 0 Å². The molecule has 170 valence electrons. The molecule has 10 heteroatoms. The van der Waals surface area contributed by atoms with Gasteiger partial charge in [0.25, 0.3) is 0 Å². The van der Waals surface area contributed by atoms with Crippen molar-refractivity contribution >= 4 is 35.6 Å². The van der Waals surface area contributed by atoms with Crippen LogP contribution in [0.3, 0.4) is 0 Å². The lowest BCUT2D eigenvalue weighted by atomic mass is 10.2. The molecule has 8 nitrogen and oxygen atoms in total. The highest BCUT2D eigenvalue weighted by Crippen LogP contribution is 2.17. The van der Waals surface area contributed by atoms with Crippen molar-refractivity contribution in [1.29, 1.82) is 0 Å². The minimum Gasteiger partial charge on any atom is -0.376 e. The maximum atomic E-state index is 13.2. The number of halogens is 2. The molecule has 1 N–H and O–H groups in total. The Kier molecular flexibility index (Phi) is 8.47. The number of guanidine groups is 1. The lowest BCUT2D eigenvalue weighted by molar-refractivity contribution is 0.113. The summed E-state index contributed by atoms with van der Waals surface area (Å²) in [7, 11) is 1.96. The number of ether oxygens (including phenoxy) is 1. The van der Waals surface area contributed by atoms with E-state index in [-0.39, 0.29) is 35.9 Å². The van der Waals surface area contributed by atoms with E-state index >= 15 is 0 Å². The number of rotatable bonds is 5. The molecule has 2 aromatic rings. The molecule has 2 aliphatic rings. The van der Waals surface area contributed by atoms with Gasteiger partial charge >= 0.3 is 0 Å². The first-order chi connectivity index (χ1) is 14.6. The van der Waals surface area contributed by atoms with Gasteiger partial charge in [0, 0.05) is 52.1 Å². The second-order valence-corrected chi connectivity index (χ2v) is 7.83. The highest BCUT2D eigenvalue weighted by atomic mass is 127. The molecule has 0 radical (unpaired) electrons. The van der Waals surface area contributed by atoms with E-state index in [2.05, 4.69) is 25.3 Å². The molecule has 4 rings (SSSR count). The van der Waals surface area contributed by atoms with Gasteiger partial charge < -0.3 is 24.4 Å². The monoisotopic (exact) mass is 543 g/mol. The molecule has 1 unspecified atom stereocenters. The molecule has 0 bridgehead atoms. The number of nitrogens with one attached hydrogen (secondary N) is 1.